The number of hydrogen-bond acceptors (Lipinski definition) is 5. The zero-order valence-corrected chi connectivity index (χ0v) is 15.4. The summed E-state index contributed by atoms with van der Waals surface area (Å²) in [6, 6.07) is 4.08. The van der Waals surface area contributed by atoms with Gasteiger partial charge in [-0.05, 0) is 51.3 Å². The van der Waals surface area contributed by atoms with E-state index >= 15 is 0 Å². The summed E-state index contributed by atoms with van der Waals surface area (Å²) in [5.41, 5.74) is 0.656. The van der Waals surface area contributed by atoms with Crippen molar-refractivity contribution in [1.82, 2.24) is 4.31 Å². The van der Waals surface area contributed by atoms with Crippen molar-refractivity contribution in [3.05, 3.63) is 29.3 Å². The highest BCUT2D eigenvalue weighted by molar-refractivity contribution is 7.89. The molecule has 1 aromatic carbocycles. The number of rotatable bonds is 5. The van der Waals surface area contributed by atoms with Crippen LogP contribution >= 0.6 is 0 Å². The fourth-order valence-electron chi connectivity index (χ4n) is 2.96. The van der Waals surface area contributed by atoms with Crippen LogP contribution in [0.4, 0.5) is 0 Å². The third-order valence-corrected chi connectivity index (χ3v) is 6.58. The Balaban J connectivity index is 2.42. The van der Waals surface area contributed by atoms with Crippen LogP contribution in [-0.2, 0) is 19.6 Å². The minimum Gasteiger partial charge on any atom is -0.481 e. The molecule has 2 atom stereocenters. The monoisotopic (exact) mass is 369 g/mol. The number of carbonyl (C=O) groups excluding carboxylic acids is 1. The lowest BCUT2D eigenvalue weighted by Gasteiger charge is -2.35. The number of esters is 1. The number of hydrogen-bond donors (Lipinski definition) is 1. The summed E-state index contributed by atoms with van der Waals surface area (Å²) in [7, 11) is -3.92. The van der Waals surface area contributed by atoms with Gasteiger partial charge in [-0.15, -0.1) is 0 Å². The Morgan fingerprint density at radius 1 is 1.32 bits per heavy atom. The van der Waals surface area contributed by atoms with Crippen LogP contribution in [0.2, 0.25) is 0 Å². The van der Waals surface area contributed by atoms with E-state index < -0.39 is 27.9 Å². The lowest BCUT2D eigenvalue weighted by molar-refractivity contribution is -0.143. The lowest BCUT2D eigenvalue weighted by Crippen LogP contribution is -2.47. The molecule has 0 spiro atoms. The van der Waals surface area contributed by atoms with Gasteiger partial charge in [0.25, 0.3) is 0 Å². The van der Waals surface area contributed by atoms with Crippen LogP contribution in [0.1, 0.15) is 42.6 Å². The van der Waals surface area contributed by atoms with Gasteiger partial charge in [0.2, 0.25) is 10.0 Å². The van der Waals surface area contributed by atoms with Gasteiger partial charge in [-0.1, -0.05) is 6.07 Å². The number of ether oxygens (including phenoxy) is 1. The van der Waals surface area contributed by atoms with Crippen LogP contribution in [0.5, 0.6) is 0 Å². The van der Waals surface area contributed by atoms with E-state index in [2.05, 4.69) is 0 Å². The average molecular weight is 369 g/mol. The molecule has 8 heteroatoms. The number of aliphatic carboxylic acids is 1. The molecule has 7 nitrogen and oxygen atoms in total. The Morgan fingerprint density at radius 3 is 2.60 bits per heavy atom. The minimum absolute atomic E-state index is 0.0101. The molecule has 2 rings (SSSR count). The van der Waals surface area contributed by atoms with E-state index in [4.69, 9.17) is 4.74 Å². The topological polar surface area (TPSA) is 101 Å². The average Bonchev–Trinajstić information content (AvgIpc) is 2.55. The molecule has 1 heterocycles. The first-order chi connectivity index (χ1) is 11.7. The van der Waals surface area contributed by atoms with Crippen molar-refractivity contribution in [3.8, 4) is 0 Å². The van der Waals surface area contributed by atoms with Crippen LogP contribution in [0.15, 0.2) is 23.1 Å². The Kier molecular flexibility index (Phi) is 5.84. The Hall–Kier alpha value is -1.93. The molecule has 0 radical (unpaired) electrons. The number of carbonyl (C=O) groups is 2. The first-order valence-corrected chi connectivity index (χ1v) is 9.65. The highest BCUT2D eigenvalue weighted by atomic mass is 32.2. The maximum Gasteiger partial charge on any atom is 0.338 e. The number of benzene rings is 1. The molecule has 1 saturated heterocycles. The summed E-state index contributed by atoms with van der Waals surface area (Å²) in [6.07, 6.45) is 0.928. The zero-order chi connectivity index (χ0) is 18.8. The summed E-state index contributed by atoms with van der Waals surface area (Å²) < 4.78 is 32.4. The largest absolute Gasteiger partial charge is 0.481 e. The summed E-state index contributed by atoms with van der Waals surface area (Å²) in [4.78, 5) is 23.2. The van der Waals surface area contributed by atoms with Crippen molar-refractivity contribution in [3.63, 3.8) is 0 Å². The van der Waals surface area contributed by atoms with Gasteiger partial charge in [0.05, 0.1) is 23.0 Å². The summed E-state index contributed by atoms with van der Waals surface area (Å²) in [5.74, 6) is -2.31. The predicted molar refractivity (Wildman–Crippen MR) is 90.8 cm³/mol. The van der Waals surface area contributed by atoms with E-state index in [-0.39, 0.29) is 29.7 Å². The Bertz CT molecular complexity index is 773. The third kappa shape index (κ3) is 4.01. The molecule has 0 saturated carbocycles. The maximum atomic E-state index is 13.1. The van der Waals surface area contributed by atoms with E-state index in [1.54, 1.807) is 26.8 Å². The molecule has 1 aliphatic heterocycles. The highest BCUT2D eigenvalue weighted by Crippen LogP contribution is 2.30. The van der Waals surface area contributed by atoms with Gasteiger partial charge in [0, 0.05) is 12.6 Å². The van der Waals surface area contributed by atoms with Crippen molar-refractivity contribution < 1.29 is 27.9 Å². The summed E-state index contributed by atoms with van der Waals surface area (Å²) in [5, 5.41) is 9.23. The van der Waals surface area contributed by atoms with Crippen molar-refractivity contribution in [2.75, 3.05) is 13.2 Å². The van der Waals surface area contributed by atoms with E-state index in [1.165, 1.54) is 16.4 Å². The number of piperidine rings is 1. The van der Waals surface area contributed by atoms with E-state index in [0.29, 0.717) is 18.4 Å². The molecule has 2 unspecified atom stereocenters. The molecule has 0 amide bonds. The first kappa shape index (κ1) is 19.4. The Labute approximate surface area is 147 Å². The molecule has 1 aliphatic rings. The molecule has 138 valence electrons. The summed E-state index contributed by atoms with van der Waals surface area (Å²) >= 11 is 0. The van der Waals surface area contributed by atoms with Crippen LogP contribution in [0, 0.1) is 12.8 Å². The van der Waals surface area contributed by atoms with Gasteiger partial charge in [0.1, 0.15) is 0 Å². The van der Waals surface area contributed by atoms with Crippen LogP contribution in [0.25, 0.3) is 0 Å². The van der Waals surface area contributed by atoms with Gasteiger partial charge < -0.3 is 9.84 Å². The molecule has 1 fully saturated rings. The van der Waals surface area contributed by atoms with Gasteiger partial charge >= 0.3 is 11.9 Å². The number of carboxylic acid groups (broad SMARTS) is 1. The zero-order valence-electron chi connectivity index (χ0n) is 14.6. The normalized spacial score (nSPS) is 21.7. The first-order valence-electron chi connectivity index (χ1n) is 8.21. The van der Waals surface area contributed by atoms with Crippen molar-refractivity contribution in [2.45, 2.75) is 44.6 Å². The number of nitrogens with zero attached hydrogens (tertiary/aromatic N) is 1. The van der Waals surface area contributed by atoms with Crippen molar-refractivity contribution in [2.24, 2.45) is 5.92 Å². The number of aryl methyl sites for hydroxylation is 1. The standard InChI is InChI=1S/C17H23NO6S/c1-4-24-17(21)13-7-5-11(2)15(9-13)25(22,23)18-10-14(16(19)20)8-6-12(18)3/h5,7,9,12,14H,4,6,8,10H2,1-3H3,(H,19,20). The SMILES string of the molecule is CCOC(=O)c1ccc(C)c(S(=O)(=O)N2CC(C(=O)O)CCC2C)c1. The Morgan fingerprint density at radius 2 is 2.00 bits per heavy atom. The van der Waals surface area contributed by atoms with Crippen LogP contribution in [0.3, 0.4) is 0 Å². The smallest absolute Gasteiger partial charge is 0.338 e. The number of carboxylic acids is 1. The molecule has 1 aromatic rings. The second-order valence-corrected chi connectivity index (χ2v) is 8.10. The number of sulfonamides is 1. The fraction of sp³-hybridized carbons (Fsp3) is 0.529. The van der Waals surface area contributed by atoms with Crippen molar-refractivity contribution >= 4 is 22.0 Å². The van der Waals surface area contributed by atoms with E-state index in [1.807, 2.05) is 0 Å². The maximum absolute atomic E-state index is 13.1. The second-order valence-electron chi connectivity index (χ2n) is 6.24. The van der Waals surface area contributed by atoms with E-state index in [0.717, 1.165) is 0 Å². The molecule has 0 bridgehead atoms. The lowest BCUT2D eigenvalue weighted by atomic mass is 9.96. The third-order valence-electron chi connectivity index (χ3n) is 4.46. The quantitative estimate of drug-likeness (QED) is 0.797. The molecule has 25 heavy (non-hydrogen) atoms. The van der Waals surface area contributed by atoms with Gasteiger partial charge in [-0.25, -0.2) is 13.2 Å². The van der Waals surface area contributed by atoms with Gasteiger partial charge in [-0.3, -0.25) is 4.79 Å². The molecular formula is C17H23NO6S. The summed E-state index contributed by atoms with van der Waals surface area (Å²) in [6.45, 7) is 5.20. The van der Waals surface area contributed by atoms with Gasteiger partial charge in [-0.2, -0.15) is 4.31 Å². The van der Waals surface area contributed by atoms with Crippen LogP contribution in [-0.4, -0.2) is 49.0 Å². The molecule has 0 aromatic heterocycles. The molecule has 0 aliphatic carbocycles. The highest BCUT2D eigenvalue weighted by Gasteiger charge is 2.38. The minimum atomic E-state index is -3.92. The van der Waals surface area contributed by atoms with E-state index in [9.17, 15) is 23.1 Å². The molecule has 1 N–H and O–H groups in total. The second kappa shape index (κ2) is 7.53. The van der Waals surface area contributed by atoms with Gasteiger partial charge in [0.15, 0.2) is 0 Å². The molecular weight excluding hydrogens is 346 g/mol. The fourth-order valence-corrected chi connectivity index (χ4v) is 4.92. The predicted octanol–water partition coefficient (Wildman–Crippen LogP) is 2.05. The van der Waals surface area contributed by atoms with Crippen molar-refractivity contribution in [1.29, 1.82) is 0 Å². The van der Waals surface area contributed by atoms with Crippen LogP contribution < -0.4 is 0 Å².